The van der Waals surface area contributed by atoms with Crippen molar-refractivity contribution in [2.24, 2.45) is 35.0 Å². The molecule has 7 unspecified atom stereocenters. The minimum absolute atomic E-state index is 0.449. The van der Waals surface area contributed by atoms with Crippen molar-refractivity contribution in [3.05, 3.63) is 0 Å². The van der Waals surface area contributed by atoms with Crippen molar-refractivity contribution in [1.82, 2.24) is 0 Å². The molecule has 3 aliphatic rings. The normalized spacial score (nSPS) is 46.3. The SMILES string of the molecule is CCCC1CCC2C(CCC3CC(C)(O)CCC3COC)CCCC12C. The Morgan fingerprint density at radius 3 is 2.42 bits per heavy atom. The predicted molar refractivity (Wildman–Crippen MR) is 109 cm³/mol. The molecule has 0 aromatic carbocycles. The lowest BCUT2D eigenvalue weighted by Crippen LogP contribution is -2.40. The highest BCUT2D eigenvalue weighted by atomic mass is 16.5. The van der Waals surface area contributed by atoms with Crippen LogP contribution in [0, 0.1) is 35.0 Å². The Kier molecular flexibility index (Phi) is 6.76. The van der Waals surface area contributed by atoms with Gasteiger partial charge in [-0.1, -0.05) is 39.5 Å². The number of hydrogen-bond donors (Lipinski definition) is 1. The van der Waals surface area contributed by atoms with E-state index in [2.05, 4.69) is 13.8 Å². The smallest absolute Gasteiger partial charge is 0.0622 e. The molecule has 7 atom stereocenters. The summed E-state index contributed by atoms with van der Waals surface area (Å²) in [5, 5.41) is 10.6. The third-order valence-electron chi connectivity index (χ3n) is 8.81. The highest BCUT2D eigenvalue weighted by Gasteiger charge is 2.50. The van der Waals surface area contributed by atoms with Crippen LogP contribution < -0.4 is 0 Å². The molecule has 0 aliphatic heterocycles. The van der Waals surface area contributed by atoms with Crippen LogP contribution in [0.15, 0.2) is 0 Å². The molecule has 0 radical (unpaired) electrons. The Labute approximate surface area is 162 Å². The summed E-state index contributed by atoms with van der Waals surface area (Å²) in [5.74, 6) is 4.20. The molecule has 2 heteroatoms. The van der Waals surface area contributed by atoms with E-state index < -0.39 is 5.60 Å². The molecule has 0 spiro atoms. The molecule has 2 nitrogen and oxygen atoms in total. The van der Waals surface area contributed by atoms with Gasteiger partial charge < -0.3 is 9.84 Å². The van der Waals surface area contributed by atoms with Crippen LogP contribution in [0.1, 0.15) is 97.8 Å². The van der Waals surface area contributed by atoms with Crippen LogP contribution in [0.2, 0.25) is 0 Å². The summed E-state index contributed by atoms with van der Waals surface area (Å²) >= 11 is 0. The Morgan fingerprint density at radius 1 is 0.923 bits per heavy atom. The van der Waals surface area contributed by atoms with E-state index in [0.29, 0.717) is 17.3 Å². The van der Waals surface area contributed by atoms with Crippen molar-refractivity contribution < 1.29 is 9.84 Å². The summed E-state index contributed by atoms with van der Waals surface area (Å²) in [7, 11) is 1.84. The van der Waals surface area contributed by atoms with E-state index >= 15 is 0 Å². The molecule has 1 N–H and O–H groups in total. The summed E-state index contributed by atoms with van der Waals surface area (Å²) in [6.45, 7) is 7.93. The quantitative estimate of drug-likeness (QED) is 0.581. The van der Waals surface area contributed by atoms with E-state index in [1.54, 1.807) is 0 Å². The lowest BCUT2D eigenvalue weighted by Gasteiger charge is -2.46. The number of aliphatic hydroxyl groups is 1. The molecule has 0 saturated heterocycles. The number of fused-ring (bicyclic) bond motifs is 1. The molecule has 0 amide bonds. The van der Waals surface area contributed by atoms with E-state index in [4.69, 9.17) is 4.74 Å². The minimum atomic E-state index is -0.449. The number of methoxy groups -OCH3 is 1. The van der Waals surface area contributed by atoms with Gasteiger partial charge in [0.1, 0.15) is 0 Å². The second-order valence-electron chi connectivity index (χ2n) is 10.6. The van der Waals surface area contributed by atoms with Crippen molar-refractivity contribution in [2.75, 3.05) is 13.7 Å². The van der Waals surface area contributed by atoms with Gasteiger partial charge in [-0.25, -0.2) is 0 Å². The van der Waals surface area contributed by atoms with Crippen molar-refractivity contribution in [2.45, 2.75) is 103 Å². The van der Waals surface area contributed by atoms with Crippen molar-refractivity contribution >= 4 is 0 Å². The first-order chi connectivity index (χ1) is 12.4. The van der Waals surface area contributed by atoms with Gasteiger partial charge in [0.15, 0.2) is 0 Å². The maximum absolute atomic E-state index is 10.6. The zero-order valence-electron chi connectivity index (χ0n) is 17.9. The van der Waals surface area contributed by atoms with Crippen LogP contribution in [-0.4, -0.2) is 24.4 Å². The molecular weight excluding hydrogens is 320 g/mol. The fourth-order valence-electron chi connectivity index (χ4n) is 7.39. The van der Waals surface area contributed by atoms with Crippen LogP contribution in [0.3, 0.4) is 0 Å². The molecule has 3 aliphatic carbocycles. The van der Waals surface area contributed by atoms with Gasteiger partial charge in [0, 0.05) is 13.7 Å². The first-order valence-electron chi connectivity index (χ1n) is 11.6. The highest BCUT2D eigenvalue weighted by Crippen LogP contribution is 2.59. The van der Waals surface area contributed by atoms with Gasteiger partial charge in [-0.3, -0.25) is 0 Å². The molecular formula is C24H44O2. The van der Waals surface area contributed by atoms with Crippen LogP contribution in [0.25, 0.3) is 0 Å². The van der Waals surface area contributed by atoms with E-state index in [0.717, 1.165) is 43.6 Å². The summed E-state index contributed by atoms with van der Waals surface area (Å²) in [4.78, 5) is 0. The van der Waals surface area contributed by atoms with Crippen LogP contribution in [0.5, 0.6) is 0 Å². The van der Waals surface area contributed by atoms with Crippen molar-refractivity contribution in [1.29, 1.82) is 0 Å². The topological polar surface area (TPSA) is 29.5 Å². The molecule has 0 bridgehead atoms. The van der Waals surface area contributed by atoms with E-state index in [-0.39, 0.29) is 0 Å². The minimum Gasteiger partial charge on any atom is -0.390 e. The molecule has 3 rings (SSSR count). The average molecular weight is 365 g/mol. The Hall–Kier alpha value is -0.0800. The van der Waals surface area contributed by atoms with Gasteiger partial charge in [-0.05, 0) is 93.3 Å². The van der Waals surface area contributed by atoms with Crippen LogP contribution >= 0.6 is 0 Å². The average Bonchev–Trinajstić information content (AvgIpc) is 2.92. The fraction of sp³-hybridized carbons (Fsp3) is 1.00. The molecule has 0 heterocycles. The molecule has 0 aromatic rings. The van der Waals surface area contributed by atoms with Gasteiger partial charge in [0.2, 0.25) is 0 Å². The van der Waals surface area contributed by atoms with Gasteiger partial charge in [-0.15, -0.1) is 0 Å². The zero-order valence-corrected chi connectivity index (χ0v) is 17.9. The highest BCUT2D eigenvalue weighted by molar-refractivity contribution is 5.00. The monoisotopic (exact) mass is 364 g/mol. The first kappa shape index (κ1) is 20.6. The van der Waals surface area contributed by atoms with Crippen LogP contribution in [-0.2, 0) is 4.74 Å². The zero-order chi connectivity index (χ0) is 18.8. The second kappa shape index (κ2) is 8.52. The lowest BCUT2D eigenvalue weighted by atomic mass is 9.59. The molecule has 3 fully saturated rings. The molecule has 26 heavy (non-hydrogen) atoms. The Bertz CT molecular complexity index is 445. The maximum atomic E-state index is 10.6. The van der Waals surface area contributed by atoms with Gasteiger partial charge in [0.25, 0.3) is 0 Å². The van der Waals surface area contributed by atoms with E-state index in [9.17, 15) is 5.11 Å². The molecule has 3 saturated carbocycles. The molecule has 0 aromatic heterocycles. The largest absolute Gasteiger partial charge is 0.390 e. The standard InChI is InChI=1S/C24H44O2/c1-5-7-21-11-12-22-18(8-6-14-24(21,22)3)9-10-19-16-23(2,25)15-13-20(19)17-26-4/h18-22,25H,5-17H2,1-4H3. The summed E-state index contributed by atoms with van der Waals surface area (Å²) in [5.41, 5.74) is 0.179. The molecule has 152 valence electrons. The lowest BCUT2D eigenvalue weighted by molar-refractivity contribution is -0.0413. The first-order valence-corrected chi connectivity index (χ1v) is 11.6. The fourth-order valence-corrected chi connectivity index (χ4v) is 7.39. The van der Waals surface area contributed by atoms with Crippen molar-refractivity contribution in [3.63, 3.8) is 0 Å². The summed E-state index contributed by atoms with van der Waals surface area (Å²) in [6.07, 6.45) is 15.9. The third-order valence-corrected chi connectivity index (χ3v) is 8.81. The van der Waals surface area contributed by atoms with Gasteiger partial charge in [-0.2, -0.15) is 0 Å². The van der Waals surface area contributed by atoms with Gasteiger partial charge >= 0.3 is 0 Å². The Balaban J connectivity index is 1.61. The Morgan fingerprint density at radius 2 is 1.69 bits per heavy atom. The van der Waals surface area contributed by atoms with Gasteiger partial charge in [0.05, 0.1) is 5.60 Å². The number of rotatable bonds is 7. The van der Waals surface area contributed by atoms with Crippen molar-refractivity contribution in [3.8, 4) is 0 Å². The van der Waals surface area contributed by atoms with E-state index in [1.807, 2.05) is 14.0 Å². The predicted octanol–water partition coefficient (Wildman–Crippen LogP) is 6.21. The summed E-state index contributed by atoms with van der Waals surface area (Å²) < 4.78 is 5.52. The van der Waals surface area contributed by atoms with E-state index in [1.165, 1.54) is 57.8 Å². The maximum Gasteiger partial charge on any atom is 0.0622 e. The second-order valence-corrected chi connectivity index (χ2v) is 10.6. The number of ether oxygens (including phenoxy) is 1. The number of hydrogen-bond acceptors (Lipinski definition) is 2. The third kappa shape index (κ3) is 4.32. The summed E-state index contributed by atoms with van der Waals surface area (Å²) in [6, 6.07) is 0. The van der Waals surface area contributed by atoms with Crippen LogP contribution in [0.4, 0.5) is 0 Å².